The molecule has 0 saturated carbocycles. The largest absolute Gasteiger partial charge is 0.497 e. The lowest BCUT2D eigenvalue weighted by Gasteiger charge is -2.34. The lowest BCUT2D eigenvalue weighted by atomic mass is 10.1. The molecule has 1 fully saturated rings. The third-order valence-corrected chi connectivity index (χ3v) is 5.10. The predicted molar refractivity (Wildman–Crippen MR) is 109 cm³/mol. The molecule has 0 spiro atoms. The molecular formula is C22H24N2O4. The molecule has 3 aromatic rings. The van der Waals surface area contributed by atoms with Crippen molar-refractivity contribution in [3.63, 3.8) is 0 Å². The van der Waals surface area contributed by atoms with Crippen molar-refractivity contribution in [2.24, 2.45) is 0 Å². The highest BCUT2D eigenvalue weighted by atomic mass is 16.5. The van der Waals surface area contributed by atoms with Gasteiger partial charge in [-0.1, -0.05) is 12.1 Å². The van der Waals surface area contributed by atoms with E-state index in [0.29, 0.717) is 18.1 Å². The van der Waals surface area contributed by atoms with Gasteiger partial charge in [-0.3, -0.25) is 0 Å². The highest BCUT2D eigenvalue weighted by Gasteiger charge is 2.24. The van der Waals surface area contributed by atoms with Gasteiger partial charge in [0.25, 0.3) is 0 Å². The molecule has 0 bridgehead atoms. The number of morpholine rings is 1. The third-order valence-electron chi connectivity index (χ3n) is 5.10. The predicted octanol–water partition coefficient (Wildman–Crippen LogP) is 3.84. The molecule has 1 unspecified atom stereocenters. The van der Waals surface area contributed by atoms with Gasteiger partial charge < -0.3 is 23.8 Å². The third kappa shape index (κ3) is 3.43. The van der Waals surface area contributed by atoms with Crippen molar-refractivity contribution in [1.82, 2.24) is 4.98 Å². The van der Waals surface area contributed by atoms with E-state index >= 15 is 0 Å². The Morgan fingerprint density at radius 1 is 0.964 bits per heavy atom. The van der Waals surface area contributed by atoms with E-state index in [9.17, 15) is 0 Å². The van der Waals surface area contributed by atoms with Crippen LogP contribution in [0.5, 0.6) is 17.2 Å². The van der Waals surface area contributed by atoms with E-state index in [1.165, 1.54) is 0 Å². The minimum Gasteiger partial charge on any atom is -0.497 e. The SMILES string of the molecule is COc1ccc(C2CN(c3nccc4cc(OC)c(OC)cc34)CCO2)cc1. The van der Waals surface area contributed by atoms with Crippen LogP contribution in [0.2, 0.25) is 0 Å². The van der Waals surface area contributed by atoms with Crippen molar-refractivity contribution in [1.29, 1.82) is 0 Å². The van der Waals surface area contributed by atoms with Crippen molar-refractivity contribution in [2.45, 2.75) is 6.10 Å². The molecule has 1 atom stereocenters. The van der Waals surface area contributed by atoms with Gasteiger partial charge in [-0.2, -0.15) is 0 Å². The second-order valence-corrected chi connectivity index (χ2v) is 6.64. The lowest BCUT2D eigenvalue weighted by molar-refractivity contribution is 0.0396. The molecule has 2 aromatic carbocycles. The molecule has 0 N–H and O–H groups in total. The Morgan fingerprint density at radius 2 is 1.71 bits per heavy atom. The van der Waals surface area contributed by atoms with Gasteiger partial charge in [0.15, 0.2) is 11.5 Å². The van der Waals surface area contributed by atoms with Crippen LogP contribution in [0.1, 0.15) is 11.7 Å². The Kier molecular flexibility index (Phi) is 5.21. The van der Waals surface area contributed by atoms with Crippen molar-refractivity contribution in [3.05, 3.63) is 54.2 Å². The van der Waals surface area contributed by atoms with E-state index in [0.717, 1.165) is 41.0 Å². The van der Waals surface area contributed by atoms with Crippen molar-refractivity contribution in [2.75, 3.05) is 45.9 Å². The Labute approximate surface area is 164 Å². The van der Waals surface area contributed by atoms with E-state index in [4.69, 9.17) is 18.9 Å². The number of fused-ring (bicyclic) bond motifs is 1. The van der Waals surface area contributed by atoms with Crippen molar-refractivity contribution in [3.8, 4) is 17.2 Å². The quantitative estimate of drug-likeness (QED) is 0.670. The molecule has 2 heterocycles. The van der Waals surface area contributed by atoms with Crippen LogP contribution < -0.4 is 19.1 Å². The number of pyridine rings is 1. The number of hydrogen-bond acceptors (Lipinski definition) is 6. The van der Waals surface area contributed by atoms with Crippen LogP contribution in [0.25, 0.3) is 10.8 Å². The summed E-state index contributed by atoms with van der Waals surface area (Å²) in [5.74, 6) is 3.18. The van der Waals surface area contributed by atoms with E-state index in [1.54, 1.807) is 21.3 Å². The maximum atomic E-state index is 6.03. The smallest absolute Gasteiger partial charge is 0.161 e. The van der Waals surface area contributed by atoms with Gasteiger partial charge in [0, 0.05) is 24.7 Å². The van der Waals surface area contributed by atoms with Crippen molar-refractivity contribution < 1.29 is 18.9 Å². The number of hydrogen-bond donors (Lipinski definition) is 0. The normalized spacial score (nSPS) is 16.8. The Hall–Kier alpha value is -2.99. The zero-order valence-electron chi connectivity index (χ0n) is 16.3. The number of benzene rings is 2. The Bertz CT molecular complexity index is 959. The van der Waals surface area contributed by atoms with E-state index in [2.05, 4.69) is 22.0 Å². The first kappa shape index (κ1) is 18.4. The molecule has 1 saturated heterocycles. The van der Waals surface area contributed by atoms with Gasteiger partial charge in [0.2, 0.25) is 0 Å². The molecule has 0 radical (unpaired) electrons. The van der Waals surface area contributed by atoms with Gasteiger partial charge in [0.1, 0.15) is 17.7 Å². The highest BCUT2D eigenvalue weighted by Crippen LogP contribution is 2.37. The van der Waals surface area contributed by atoms with Crippen LogP contribution in [-0.4, -0.2) is 46.0 Å². The molecule has 4 rings (SSSR count). The van der Waals surface area contributed by atoms with Crippen LogP contribution in [0.3, 0.4) is 0 Å². The summed E-state index contributed by atoms with van der Waals surface area (Å²) in [4.78, 5) is 6.94. The summed E-state index contributed by atoms with van der Waals surface area (Å²) >= 11 is 0. The van der Waals surface area contributed by atoms with E-state index in [1.807, 2.05) is 36.5 Å². The molecular weight excluding hydrogens is 356 g/mol. The number of anilines is 1. The zero-order chi connectivity index (χ0) is 19.5. The molecule has 0 amide bonds. The monoisotopic (exact) mass is 380 g/mol. The second-order valence-electron chi connectivity index (χ2n) is 6.64. The number of rotatable bonds is 5. The molecule has 1 aliphatic rings. The summed E-state index contributed by atoms with van der Waals surface area (Å²) in [6, 6.07) is 14.0. The highest BCUT2D eigenvalue weighted by molar-refractivity contribution is 5.94. The molecule has 146 valence electrons. The maximum Gasteiger partial charge on any atom is 0.161 e. The lowest BCUT2D eigenvalue weighted by Crippen LogP contribution is -2.39. The number of ether oxygens (including phenoxy) is 4. The Morgan fingerprint density at radius 3 is 2.43 bits per heavy atom. The summed E-state index contributed by atoms with van der Waals surface area (Å²) in [7, 11) is 4.96. The molecule has 6 nitrogen and oxygen atoms in total. The fraction of sp³-hybridized carbons (Fsp3) is 0.318. The van der Waals surface area contributed by atoms with E-state index in [-0.39, 0.29) is 6.10 Å². The fourth-order valence-electron chi connectivity index (χ4n) is 3.60. The van der Waals surface area contributed by atoms with Gasteiger partial charge in [-0.05, 0) is 41.3 Å². The first-order valence-corrected chi connectivity index (χ1v) is 9.24. The summed E-state index contributed by atoms with van der Waals surface area (Å²) in [5.41, 5.74) is 1.13. The van der Waals surface area contributed by atoms with Gasteiger partial charge in [0.05, 0.1) is 27.9 Å². The van der Waals surface area contributed by atoms with Gasteiger partial charge >= 0.3 is 0 Å². The average molecular weight is 380 g/mol. The van der Waals surface area contributed by atoms with Gasteiger partial charge in [-0.25, -0.2) is 4.98 Å². The van der Waals surface area contributed by atoms with E-state index < -0.39 is 0 Å². The van der Waals surface area contributed by atoms with Crippen LogP contribution in [-0.2, 0) is 4.74 Å². The minimum absolute atomic E-state index is 0.0168. The molecule has 1 aromatic heterocycles. The molecule has 6 heteroatoms. The minimum atomic E-state index is -0.0168. The van der Waals surface area contributed by atoms with Crippen molar-refractivity contribution >= 4 is 16.6 Å². The molecule has 28 heavy (non-hydrogen) atoms. The second kappa shape index (κ2) is 7.94. The summed E-state index contributed by atoms with van der Waals surface area (Å²) in [6.45, 7) is 2.15. The first-order valence-electron chi connectivity index (χ1n) is 9.24. The number of aromatic nitrogens is 1. The summed E-state index contributed by atoms with van der Waals surface area (Å²) < 4.78 is 22.2. The topological polar surface area (TPSA) is 53.1 Å². The number of nitrogens with zero attached hydrogens (tertiary/aromatic N) is 2. The zero-order valence-corrected chi connectivity index (χ0v) is 16.3. The molecule has 0 aliphatic carbocycles. The van der Waals surface area contributed by atoms with Gasteiger partial charge in [-0.15, -0.1) is 0 Å². The van der Waals surface area contributed by atoms with Crippen LogP contribution >= 0.6 is 0 Å². The number of methoxy groups -OCH3 is 3. The first-order chi connectivity index (χ1) is 13.7. The van der Waals surface area contributed by atoms with Crippen LogP contribution in [0.4, 0.5) is 5.82 Å². The Balaban J connectivity index is 1.66. The summed E-state index contributed by atoms with van der Waals surface area (Å²) in [5, 5.41) is 2.10. The van der Waals surface area contributed by atoms with Crippen LogP contribution in [0.15, 0.2) is 48.7 Å². The molecule has 1 aliphatic heterocycles. The maximum absolute atomic E-state index is 6.03. The van der Waals surface area contributed by atoms with Crippen LogP contribution in [0, 0.1) is 0 Å². The summed E-state index contributed by atoms with van der Waals surface area (Å²) in [6.07, 6.45) is 1.82. The standard InChI is InChI=1S/C22H24N2O4/c1-25-17-6-4-15(5-7-17)21-14-24(10-11-28-21)22-18-13-20(27-3)19(26-2)12-16(18)8-9-23-22/h4-9,12-13,21H,10-11,14H2,1-3H3. The average Bonchev–Trinajstić information content (AvgIpc) is 2.77. The fourth-order valence-corrected chi connectivity index (χ4v) is 3.60.